The topological polar surface area (TPSA) is 30.9 Å². The summed E-state index contributed by atoms with van der Waals surface area (Å²) in [5.41, 5.74) is 10.0. The second kappa shape index (κ2) is 6.71. The van der Waals surface area contributed by atoms with Gasteiger partial charge in [0.25, 0.3) is 0 Å². The third-order valence-corrected chi connectivity index (χ3v) is 5.78. The van der Waals surface area contributed by atoms with Gasteiger partial charge in [0.05, 0.1) is 15.5 Å². The number of aromatic nitrogens is 1. The summed E-state index contributed by atoms with van der Waals surface area (Å²) < 4.78 is 30.9. The number of hydrogen-bond donors (Lipinski definition) is 1. The summed E-state index contributed by atoms with van der Waals surface area (Å²) >= 11 is 3.02. The molecule has 0 spiro atoms. The molecule has 5 aromatic rings. The van der Waals surface area contributed by atoms with Crippen molar-refractivity contribution >= 4 is 43.4 Å². The van der Waals surface area contributed by atoms with Gasteiger partial charge in [0.2, 0.25) is 0 Å². The maximum atomic E-state index is 14.6. The lowest BCUT2D eigenvalue weighted by Gasteiger charge is -2.13. The molecule has 0 bridgehead atoms. The Hall–Kier alpha value is -3.18. The van der Waals surface area contributed by atoms with Crippen LogP contribution in [0, 0.1) is 11.6 Å². The maximum absolute atomic E-state index is 14.6. The van der Waals surface area contributed by atoms with Crippen molar-refractivity contribution in [2.75, 3.05) is 5.73 Å². The highest BCUT2D eigenvalue weighted by molar-refractivity contribution is 9.10. The number of fused-ring (bicyclic) bond motifs is 3. The highest BCUT2D eigenvalue weighted by Crippen LogP contribution is 2.36. The van der Waals surface area contributed by atoms with Gasteiger partial charge in [-0.3, -0.25) is 0 Å². The van der Waals surface area contributed by atoms with Gasteiger partial charge in [-0.15, -0.1) is 0 Å². The first-order chi connectivity index (χ1) is 14.0. The van der Waals surface area contributed by atoms with Crippen LogP contribution in [0.15, 0.2) is 83.3 Å². The quantitative estimate of drug-likeness (QED) is 0.227. The van der Waals surface area contributed by atoms with Crippen molar-refractivity contribution in [3.8, 4) is 16.8 Å². The number of hydrogen-bond acceptors (Lipinski definition) is 1. The molecule has 0 fully saturated rings. The molecule has 142 valence electrons. The van der Waals surface area contributed by atoms with Crippen molar-refractivity contribution in [2.45, 2.75) is 0 Å². The van der Waals surface area contributed by atoms with Gasteiger partial charge in [-0.25, -0.2) is 8.78 Å². The number of nitrogens with two attached hydrogens (primary N) is 1. The molecule has 2 nitrogen and oxygen atoms in total. The number of rotatable bonds is 2. The van der Waals surface area contributed by atoms with E-state index >= 15 is 0 Å². The number of nitrogens with zero attached hydrogens (tertiary/aromatic N) is 1. The fourth-order valence-corrected chi connectivity index (χ4v) is 4.16. The summed E-state index contributed by atoms with van der Waals surface area (Å²) in [4.78, 5) is 0. The van der Waals surface area contributed by atoms with Crippen LogP contribution in [0.4, 0.5) is 14.5 Å². The lowest BCUT2D eigenvalue weighted by molar-refractivity contribution is 0.597. The summed E-state index contributed by atoms with van der Waals surface area (Å²) in [6, 6.07) is 24.0. The van der Waals surface area contributed by atoms with E-state index in [1.807, 2.05) is 42.5 Å². The molecule has 0 aliphatic rings. The van der Waals surface area contributed by atoms with Crippen LogP contribution in [0.1, 0.15) is 0 Å². The van der Waals surface area contributed by atoms with E-state index < -0.39 is 11.6 Å². The van der Waals surface area contributed by atoms with Crippen LogP contribution < -0.4 is 5.73 Å². The average Bonchev–Trinajstić information content (AvgIpc) is 3.06. The Morgan fingerprint density at radius 3 is 1.97 bits per heavy atom. The first-order valence-electron chi connectivity index (χ1n) is 9.07. The fraction of sp³-hybridized carbons (Fsp3) is 0. The summed E-state index contributed by atoms with van der Waals surface area (Å²) in [5.74, 6) is -1.08. The second-order valence-electron chi connectivity index (χ2n) is 6.89. The van der Waals surface area contributed by atoms with E-state index in [4.69, 9.17) is 5.73 Å². The van der Waals surface area contributed by atoms with Gasteiger partial charge in [-0.2, -0.15) is 0 Å². The Morgan fingerprint density at radius 2 is 1.31 bits per heavy atom. The predicted molar refractivity (Wildman–Crippen MR) is 118 cm³/mol. The van der Waals surface area contributed by atoms with Crippen molar-refractivity contribution in [1.82, 2.24) is 4.57 Å². The van der Waals surface area contributed by atoms with E-state index in [2.05, 4.69) is 32.6 Å². The van der Waals surface area contributed by atoms with E-state index in [1.54, 1.807) is 12.1 Å². The molecule has 29 heavy (non-hydrogen) atoms. The average molecular weight is 449 g/mol. The highest BCUT2D eigenvalue weighted by atomic mass is 79.9. The SMILES string of the molecule is Nc1ccc(-n2c3ccccc3c3ccccc32)cc1-c1cc(F)c(Br)cc1F. The normalized spacial score (nSPS) is 11.4. The Balaban J connectivity index is 1.81. The first kappa shape index (κ1) is 17.9. The Kier molecular flexibility index (Phi) is 4.14. The molecule has 1 aromatic heterocycles. The lowest BCUT2D eigenvalue weighted by atomic mass is 10.0. The van der Waals surface area contributed by atoms with Crippen LogP contribution in [0.3, 0.4) is 0 Å². The summed E-state index contributed by atoms with van der Waals surface area (Å²) in [6.07, 6.45) is 0. The molecule has 4 aromatic carbocycles. The van der Waals surface area contributed by atoms with Gasteiger partial charge in [-0.05, 0) is 58.4 Å². The third kappa shape index (κ3) is 2.81. The van der Waals surface area contributed by atoms with Crippen LogP contribution in [0.5, 0.6) is 0 Å². The molecule has 1 heterocycles. The molecule has 5 rings (SSSR count). The molecule has 0 aliphatic heterocycles. The van der Waals surface area contributed by atoms with Gasteiger partial charge in [0, 0.05) is 33.3 Å². The largest absolute Gasteiger partial charge is 0.398 e. The Bertz CT molecular complexity index is 1350. The monoisotopic (exact) mass is 448 g/mol. The molecule has 0 unspecified atom stereocenters. The van der Waals surface area contributed by atoms with Crippen LogP contribution in [-0.2, 0) is 0 Å². The molecule has 0 radical (unpaired) electrons. The molecule has 0 amide bonds. The van der Waals surface area contributed by atoms with Crippen molar-refractivity contribution in [1.29, 1.82) is 0 Å². The molecule has 0 saturated heterocycles. The number of benzene rings is 4. The maximum Gasteiger partial charge on any atom is 0.138 e. The molecule has 0 atom stereocenters. The van der Waals surface area contributed by atoms with E-state index in [0.29, 0.717) is 11.3 Å². The zero-order valence-corrected chi connectivity index (χ0v) is 16.8. The van der Waals surface area contributed by atoms with Crippen molar-refractivity contribution in [3.05, 3.63) is 95.0 Å². The molecule has 5 heteroatoms. The van der Waals surface area contributed by atoms with E-state index in [1.165, 1.54) is 6.07 Å². The highest BCUT2D eigenvalue weighted by Gasteiger charge is 2.16. The van der Waals surface area contributed by atoms with Crippen LogP contribution >= 0.6 is 15.9 Å². The van der Waals surface area contributed by atoms with Crippen LogP contribution in [0.25, 0.3) is 38.6 Å². The second-order valence-corrected chi connectivity index (χ2v) is 7.74. The van der Waals surface area contributed by atoms with E-state index in [0.717, 1.165) is 33.6 Å². The van der Waals surface area contributed by atoms with Gasteiger partial charge >= 0.3 is 0 Å². The summed E-state index contributed by atoms with van der Waals surface area (Å²) in [5, 5.41) is 2.25. The molecule has 0 aliphatic carbocycles. The minimum atomic E-state index is -0.539. The molecule has 0 saturated carbocycles. The number of anilines is 1. The number of nitrogen functional groups attached to an aromatic ring is 1. The van der Waals surface area contributed by atoms with Crippen molar-refractivity contribution in [3.63, 3.8) is 0 Å². The summed E-state index contributed by atoms with van der Waals surface area (Å²) in [7, 11) is 0. The molecule has 2 N–H and O–H groups in total. The van der Waals surface area contributed by atoms with Gasteiger partial charge < -0.3 is 10.3 Å². The van der Waals surface area contributed by atoms with Gasteiger partial charge in [-0.1, -0.05) is 36.4 Å². The molecular formula is C24H15BrF2N2. The van der Waals surface area contributed by atoms with E-state index in [-0.39, 0.29) is 10.0 Å². The fourth-order valence-electron chi connectivity index (χ4n) is 3.85. The zero-order chi connectivity index (χ0) is 20.1. The standard InChI is InChI=1S/C24H15BrF2N2/c25-19-13-20(26)17(12-21(19)27)18-11-14(9-10-22(18)28)29-23-7-3-1-5-15(23)16-6-2-4-8-24(16)29/h1-13H,28H2. The van der Waals surface area contributed by atoms with Crippen LogP contribution in [-0.4, -0.2) is 4.57 Å². The minimum Gasteiger partial charge on any atom is -0.398 e. The smallest absolute Gasteiger partial charge is 0.138 e. The number of para-hydroxylation sites is 2. The third-order valence-electron chi connectivity index (χ3n) is 5.18. The number of halogens is 3. The predicted octanol–water partition coefficient (Wildman–Crippen LogP) is 7.07. The summed E-state index contributed by atoms with van der Waals surface area (Å²) in [6.45, 7) is 0. The van der Waals surface area contributed by atoms with Gasteiger partial charge in [0.15, 0.2) is 0 Å². The Morgan fingerprint density at radius 1 is 0.690 bits per heavy atom. The first-order valence-corrected chi connectivity index (χ1v) is 9.87. The lowest BCUT2D eigenvalue weighted by Crippen LogP contribution is -1.99. The van der Waals surface area contributed by atoms with Crippen LogP contribution in [0.2, 0.25) is 0 Å². The minimum absolute atomic E-state index is 0.0795. The van der Waals surface area contributed by atoms with Crippen molar-refractivity contribution in [2.24, 2.45) is 0 Å². The molecular weight excluding hydrogens is 434 g/mol. The van der Waals surface area contributed by atoms with Gasteiger partial charge in [0.1, 0.15) is 11.6 Å². The zero-order valence-electron chi connectivity index (χ0n) is 15.2. The Labute approximate surface area is 174 Å². The van der Waals surface area contributed by atoms with Crippen molar-refractivity contribution < 1.29 is 8.78 Å². The van der Waals surface area contributed by atoms with E-state index in [9.17, 15) is 8.78 Å².